The maximum Gasteiger partial charge on any atom is 0.343 e. The summed E-state index contributed by atoms with van der Waals surface area (Å²) < 4.78 is 27.1. The maximum absolute atomic E-state index is 12.4. The minimum atomic E-state index is -1.76. The Morgan fingerprint density at radius 2 is 1.58 bits per heavy atom. The molecule has 0 unspecified atom stereocenters. The van der Waals surface area contributed by atoms with Crippen molar-refractivity contribution >= 4 is 40.8 Å². The largest absolute Gasteiger partial charge is 0.454 e. The molecule has 138 valence electrons. The number of ether oxygens (including phenoxy) is 5. The summed E-state index contributed by atoms with van der Waals surface area (Å²) in [6.45, 7) is 7.34. The lowest BCUT2D eigenvalue weighted by Gasteiger charge is -2.36. The molecule has 5 atom stereocenters. The second-order valence-corrected chi connectivity index (χ2v) is 9.27. The number of halogens is 3. The Morgan fingerprint density at radius 1 is 0.958 bits per heavy atom. The Balaban J connectivity index is 1.93. The number of alkyl halides is 3. The molecule has 0 aromatic carbocycles. The summed E-state index contributed by atoms with van der Waals surface area (Å²) in [5.74, 6) is -2.45. The van der Waals surface area contributed by atoms with Crippen molar-refractivity contribution < 1.29 is 28.5 Å². The van der Waals surface area contributed by atoms with Crippen molar-refractivity contribution in [3.05, 3.63) is 0 Å². The predicted octanol–water partition coefficient (Wildman–Crippen LogP) is 2.75. The van der Waals surface area contributed by atoms with E-state index in [-0.39, 0.29) is 13.0 Å². The van der Waals surface area contributed by atoms with Gasteiger partial charge < -0.3 is 23.7 Å². The summed E-state index contributed by atoms with van der Waals surface area (Å²) in [6.07, 6.45) is -2.52. The van der Waals surface area contributed by atoms with Crippen molar-refractivity contribution in [2.45, 2.75) is 79.8 Å². The third kappa shape index (κ3) is 3.65. The summed E-state index contributed by atoms with van der Waals surface area (Å²) in [5, 5.41) is -0.627. The summed E-state index contributed by atoms with van der Waals surface area (Å²) in [4.78, 5) is 12.4. The second kappa shape index (κ2) is 6.12. The first-order chi connectivity index (χ1) is 10.9. The fraction of sp³-hybridized carbons (Fsp3) is 0.933. The van der Waals surface area contributed by atoms with Crippen LogP contribution >= 0.6 is 34.8 Å². The summed E-state index contributed by atoms with van der Waals surface area (Å²) in [5.41, 5.74) is 0. The highest BCUT2D eigenvalue weighted by Gasteiger charge is 2.58. The lowest BCUT2D eigenvalue weighted by Crippen LogP contribution is -2.54. The van der Waals surface area contributed by atoms with Crippen molar-refractivity contribution in [1.82, 2.24) is 0 Å². The van der Waals surface area contributed by atoms with Crippen molar-refractivity contribution in [3.8, 4) is 0 Å². The van der Waals surface area contributed by atoms with Crippen LogP contribution in [0.5, 0.6) is 0 Å². The van der Waals surface area contributed by atoms with Gasteiger partial charge in [-0.2, -0.15) is 0 Å². The Morgan fingerprint density at radius 3 is 2.17 bits per heavy atom. The van der Waals surface area contributed by atoms with Crippen LogP contribution in [0, 0.1) is 0 Å². The van der Waals surface area contributed by atoms with Crippen molar-refractivity contribution in [1.29, 1.82) is 0 Å². The molecule has 0 N–H and O–H groups in total. The number of carbonyl (C=O) groups is 1. The van der Waals surface area contributed by atoms with E-state index in [1.807, 2.05) is 0 Å². The average Bonchev–Trinajstić information content (AvgIpc) is 2.93. The molecule has 24 heavy (non-hydrogen) atoms. The average molecular weight is 404 g/mol. The first-order valence-electron chi connectivity index (χ1n) is 7.81. The minimum absolute atomic E-state index is 0.0165. The van der Waals surface area contributed by atoms with Crippen LogP contribution in [-0.4, -0.2) is 58.3 Å². The van der Waals surface area contributed by atoms with Gasteiger partial charge in [0.1, 0.15) is 18.3 Å². The summed E-state index contributed by atoms with van der Waals surface area (Å²) in [6, 6.07) is 0. The highest BCUT2D eigenvalue weighted by Crippen LogP contribution is 2.43. The first-order valence-corrected chi connectivity index (χ1v) is 9.00. The van der Waals surface area contributed by atoms with Crippen molar-refractivity contribution in [3.63, 3.8) is 0 Å². The van der Waals surface area contributed by atoms with E-state index >= 15 is 0 Å². The number of hydrogen-bond donors (Lipinski definition) is 0. The van der Waals surface area contributed by atoms with Crippen molar-refractivity contribution in [2.75, 3.05) is 6.61 Å². The third-order valence-corrected chi connectivity index (χ3v) is 5.25. The van der Waals surface area contributed by atoms with Gasteiger partial charge in [-0.15, -0.1) is 11.6 Å². The molecule has 0 saturated carbocycles. The number of hydrogen-bond acceptors (Lipinski definition) is 6. The Hall–Kier alpha value is 0.180. The van der Waals surface area contributed by atoms with E-state index in [0.29, 0.717) is 0 Å². The van der Waals surface area contributed by atoms with E-state index in [2.05, 4.69) is 0 Å². The molecule has 0 radical (unpaired) electrons. The van der Waals surface area contributed by atoms with E-state index in [0.717, 1.165) is 0 Å². The number of fused-ring (bicyclic) bond motifs is 1. The molecular formula is C15H21Cl3O6. The summed E-state index contributed by atoms with van der Waals surface area (Å²) >= 11 is 18.7. The molecule has 3 aliphatic rings. The number of cyclic esters (lactones) is 1. The lowest BCUT2D eigenvalue weighted by atomic mass is 9.96. The second-order valence-electron chi connectivity index (χ2n) is 7.23. The fourth-order valence-corrected chi connectivity index (χ4v) is 4.24. The smallest absolute Gasteiger partial charge is 0.343 e. The van der Waals surface area contributed by atoms with Gasteiger partial charge in [0.15, 0.2) is 17.7 Å². The zero-order valence-electron chi connectivity index (χ0n) is 13.9. The molecule has 9 heteroatoms. The van der Waals surface area contributed by atoms with Gasteiger partial charge in [0, 0.05) is 6.42 Å². The molecule has 3 rings (SSSR count). The van der Waals surface area contributed by atoms with Crippen LogP contribution in [0.1, 0.15) is 34.1 Å². The lowest BCUT2D eigenvalue weighted by molar-refractivity contribution is -0.195. The standard InChI is InChI=1S/C15H21Cl3O6/c1-13(2)20-6-8(22-13)10-11-9(23-14(3,4)24-11)7(16)5-15(17,18)12(19)21-10/h7-11H,5-6H2,1-4H3/t7-,8+,9+,10+,11-/m0/s1. The molecule has 6 nitrogen and oxygen atoms in total. The Bertz CT molecular complexity index is 523. The van der Waals surface area contributed by atoms with Gasteiger partial charge in [0.25, 0.3) is 0 Å². The Labute approximate surface area is 155 Å². The molecular weight excluding hydrogens is 383 g/mol. The van der Waals surface area contributed by atoms with E-state index in [4.69, 9.17) is 58.5 Å². The zero-order valence-corrected chi connectivity index (χ0v) is 16.2. The molecule has 0 aromatic heterocycles. The topological polar surface area (TPSA) is 63.2 Å². The number of carbonyl (C=O) groups excluding carboxylic acids is 1. The van der Waals surface area contributed by atoms with E-state index in [9.17, 15) is 4.79 Å². The monoisotopic (exact) mass is 402 g/mol. The molecule has 0 bridgehead atoms. The first kappa shape index (κ1) is 19.0. The van der Waals surface area contributed by atoms with Crippen LogP contribution in [-0.2, 0) is 28.5 Å². The Kier molecular flexibility index (Phi) is 4.83. The molecule has 3 aliphatic heterocycles. The molecule has 0 amide bonds. The maximum atomic E-state index is 12.4. The third-order valence-electron chi connectivity index (χ3n) is 4.23. The van der Waals surface area contributed by atoms with Crippen LogP contribution < -0.4 is 0 Å². The van der Waals surface area contributed by atoms with Crippen molar-refractivity contribution in [2.24, 2.45) is 0 Å². The zero-order chi connectivity index (χ0) is 17.9. The van der Waals surface area contributed by atoms with E-state index < -0.39 is 51.7 Å². The van der Waals surface area contributed by atoms with Crippen LogP contribution in [0.3, 0.4) is 0 Å². The van der Waals surface area contributed by atoms with Gasteiger partial charge in [-0.1, -0.05) is 23.2 Å². The number of esters is 1. The van der Waals surface area contributed by atoms with E-state index in [1.54, 1.807) is 27.7 Å². The molecule has 3 saturated heterocycles. The quantitative estimate of drug-likeness (QED) is 0.495. The highest BCUT2D eigenvalue weighted by molar-refractivity contribution is 6.57. The van der Waals surface area contributed by atoms with Crippen LogP contribution in [0.4, 0.5) is 0 Å². The van der Waals surface area contributed by atoms with Crippen LogP contribution in [0.15, 0.2) is 0 Å². The molecule has 0 spiro atoms. The van der Waals surface area contributed by atoms with Gasteiger partial charge in [-0.3, -0.25) is 0 Å². The normalized spacial score (nSPS) is 43.6. The van der Waals surface area contributed by atoms with Gasteiger partial charge >= 0.3 is 5.97 Å². The summed E-state index contributed by atoms with van der Waals surface area (Å²) in [7, 11) is 0. The van der Waals surface area contributed by atoms with Gasteiger partial charge in [0.2, 0.25) is 4.33 Å². The van der Waals surface area contributed by atoms with Gasteiger partial charge in [-0.25, -0.2) is 4.79 Å². The molecule has 0 aromatic rings. The molecule has 3 fully saturated rings. The van der Waals surface area contributed by atoms with Gasteiger partial charge in [0.05, 0.1) is 12.0 Å². The van der Waals surface area contributed by atoms with Crippen LogP contribution in [0.25, 0.3) is 0 Å². The molecule has 3 heterocycles. The minimum Gasteiger partial charge on any atom is -0.454 e. The highest BCUT2D eigenvalue weighted by atomic mass is 35.5. The SMILES string of the molecule is CC1(C)O[C@H]2[C@H](O1)[C@@H](Cl)CC(Cl)(Cl)C(=O)O[C@@H]2[C@H]1COC(C)(C)O1. The fourth-order valence-electron chi connectivity index (χ4n) is 3.24. The van der Waals surface area contributed by atoms with Gasteiger partial charge in [-0.05, 0) is 27.7 Å². The van der Waals surface area contributed by atoms with E-state index in [1.165, 1.54) is 0 Å². The van der Waals surface area contributed by atoms with Crippen LogP contribution in [0.2, 0.25) is 0 Å². The number of rotatable bonds is 1. The molecule has 0 aliphatic carbocycles. The predicted molar refractivity (Wildman–Crippen MR) is 87.3 cm³/mol.